The average molecular weight is 1220 g/mol. The first-order valence-electron chi connectivity index (χ1n) is 30.3. The summed E-state index contributed by atoms with van der Waals surface area (Å²) in [5.74, 6) is 4.74. The van der Waals surface area contributed by atoms with Crippen molar-refractivity contribution in [1.82, 2.24) is 106 Å². The van der Waals surface area contributed by atoms with Crippen molar-refractivity contribution in [2.24, 2.45) is 11.8 Å². The second kappa shape index (κ2) is 25.5. The Kier molecular flexibility index (Phi) is 17.6. The number of aromatic amines is 1. The second-order valence-electron chi connectivity index (χ2n) is 26.5. The molecule has 90 heavy (non-hydrogen) atoms. The molecule has 12 heterocycles. The quantitative estimate of drug-likeness (QED) is 0.0577. The molecule has 28 heteroatoms. The number of hydrogen-bond donors (Lipinski definition) is 7. The Balaban J connectivity index is 0.000000139. The first-order valence-corrected chi connectivity index (χ1v) is 30.3. The van der Waals surface area contributed by atoms with E-state index in [1.54, 1.807) is 86.5 Å². The zero-order chi connectivity index (χ0) is 63.5. The van der Waals surface area contributed by atoms with Crippen molar-refractivity contribution in [3.05, 3.63) is 98.3 Å². The van der Waals surface area contributed by atoms with Gasteiger partial charge in [-0.3, -0.25) is 10.1 Å². The maximum atomic E-state index is 10.4. The van der Waals surface area contributed by atoms with Crippen LogP contribution in [0.4, 0.5) is 29.1 Å². The molecule has 7 N–H and O–H groups in total. The molecule has 1 atom stereocenters. The van der Waals surface area contributed by atoms with Gasteiger partial charge in [0.2, 0.25) is 17.6 Å². The van der Waals surface area contributed by atoms with Crippen LogP contribution in [-0.2, 0) is 0 Å². The Morgan fingerprint density at radius 2 is 1.13 bits per heavy atom. The van der Waals surface area contributed by atoms with E-state index in [-0.39, 0.29) is 56.7 Å². The van der Waals surface area contributed by atoms with Crippen LogP contribution in [0.3, 0.4) is 0 Å². The van der Waals surface area contributed by atoms with Crippen LogP contribution in [0.5, 0.6) is 17.2 Å². The first-order chi connectivity index (χ1) is 42.9. The van der Waals surface area contributed by atoms with E-state index in [2.05, 4.69) is 177 Å². The number of H-pyrrole nitrogens is 1. The number of aryl methyl sites for hydroxylation is 1. The summed E-state index contributed by atoms with van der Waals surface area (Å²) in [7, 11) is 4.05. The fraction of sp³-hybridized carbons (Fsp3) is 0.468. The topological polar surface area (TPSA) is 346 Å². The number of hydrogen-bond acceptors (Lipinski definition) is 26. The van der Waals surface area contributed by atoms with E-state index in [0.29, 0.717) is 63.9 Å². The number of rotatable bonds is 13. The van der Waals surface area contributed by atoms with Gasteiger partial charge in [0.1, 0.15) is 40.1 Å². The molecule has 0 aromatic carbocycles. The van der Waals surface area contributed by atoms with Gasteiger partial charge in [-0.15, -0.1) is 35.4 Å². The molecule has 3 saturated heterocycles. The van der Waals surface area contributed by atoms with Gasteiger partial charge in [0.15, 0.2) is 23.0 Å². The largest absolute Gasteiger partial charge is 0.506 e. The fourth-order valence-corrected chi connectivity index (χ4v) is 12.8. The van der Waals surface area contributed by atoms with Crippen molar-refractivity contribution in [2.45, 2.75) is 148 Å². The zero-order valence-electron chi connectivity index (χ0n) is 52.8. The minimum absolute atomic E-state index is 0.00143. The van der Waals surface area contributed by atoms with Gasteiger partial charge < -0.3 is 46.0 Å². The molecular formula is C62H79N25O3. The van der Waals surface area contributed by atoms with Crippen molar-refractivity contribution in [1.29, 1.82) is 0 Å². The molecule has 0 amide bonds. The Hall–Kier alpha value is -9.57. The Morgan fingerprint density at radius 1 is 0.544 bits per heavy atom. The van der Waals surface area contributed by atoms with Crippen LogP contribution in [0.15, 0.2) is 92.6 Å². The lowest BCUT2D eigenvalue weighted by molar-refractivity contribution is 0.160. The number of anilines is 5. The number of nitrogens with zero attached hydrogens (tertiary/aromatic N) is 21. The predicted molar refractivity (Wildman–Crippen MR) is 340 cm³/mol. The highest BCUT2D eigenvalue weighted by molar-refractivity contribution is 5.69. The highest BCUT2D eigenvalue weighted by Gasteiger charge is 2.41. The Labute approximate surface area is 522 Å². The third-order valence-electron chi connectivity index (χ3n) is 16.6. The molecule has 4 fully saturated rings. The number of piperidine rings is 3. The smallest absolute Gasteiger partial charge is 0.245 e. The highest BCUT2D eigenvalue weighted by atomic mass is 16.3. The molecule has 0 spiro atoms. The molecule has 4 aliphatic rings. The predicted octanol–water partition coefficient (Wildman–Crippen LogP) is 7.85. The van der Waals surface area contributed by atoms with Gasteiger partial charge in [-0.2, -0.15) is 15.3 Å². The van der Waals surface area contributed by atoms with Crippen molar-refractivity contribution >= 4 is 29.1 Å². The highest BCUT2D eigenvalue weighted by Crippen LogP contribution is 2.42. The molecular weight excluding hydrogens is 1140 g/mol. The van der Waals surface area contributed by atoms with E-state index < -0.39 is 0 Å². The maximum Gasteiger partial charge on any atom is 0.245 e. The third kappa shape index (κ3) is 15.1. The third-order valence-corrected chi connectivity index (χ3v) is 16.6. The number of aromatic hydroxyl groups is 3. The van der Waals surface area contributed by atoms with E-state index in [1.165, 1.54) is 36.5 Å². The summed E-state index contributed by atoms with van der Waals surface area (Å²) in [6.45, 7) is 21.6. The molecule has 1 aliphatic carbocycles. The summed E-state index contributed by atoms with van der Waals surface area (Å²) in [4.78, 5) is 42.5. The van der Waals surface area contributed by atoms with E-state index in [0.717, 1.165) is 67.4 Å². The number of aromatic nitrogens is 19. The van der Waals surface area contributed by atoms with Gasteiger partial charge in [-0.05, 0) is 132 Å². The molecule has 9 aromatic rings. The van der Waals surface area contributed by atoms with Crippen molar-refractivity contribution in [3.63, 3.8) is 0 Å². The van der Waals surface area contributed by atoms with E-state index >= 15 is 0 Å². The summed E-state index contributed by atoms with van der Waals surface area (Å²) in [5, 5.41) is 82.2. The standard InChI is InChI=1S/C21H24N8O.C21H28N8O.C20H27N9O/c1-13-8-23-19(11-22-13)26-16-7-18(30)20(24-9-16)17-10-25-21(28-27-17)29-6-2-3-15(12-29)14-4-5-14;1-20(2)7-15(8-21(3,4)28-20)29(5)17-12-23-19(27-26-17)18-16(30)6-13(9-22-18)14-10-24-25-11-14;1-19(2)9-14(10-20(3,4)27-19)28(5)16-12-22-18(26-25-16)17-15(30)8-13(11-21-17)29-23-6-7-24-29/h7-11,14-15,30H,2-6,12H2,1H3,(H,23,26);6,9-12,15,28,30H,7-8H2,1-5H3,(H,24,25);6-8,11-12,14,27,30H,9-10H2,1-5H3/t15-;;/m1../s1. The van der Waals surface area contributed by atoms with Gasteiger partial charge in [0.05, 0.1) is 73.3 Å². The van der Waals surface area contributed by atoms with E-state index in [9.17, 15) is 15.3 Å². The zero-order valence-corrected chi connectivity index (χ0v) is 52.8. The lowest BCUT2D eigenvalue weighted by atomic mass is 9.79. The van der Waals surface area contributed by atoms with Crippen LogP contribution < -0.4 is 30.7 Å². The lowest BCUT2D eigenvalue weighted by Gasteiger charge is -2.49. The molecule has 1 saturated carbocycles. The van der Waals surface area contributed by atoms with Gasteiger partial charge >= 0.3 is 0 Å². The minimum atomic E-state index is -0.0606. The lowest BCUT2D eigenvalue weighted by Crippen LogP contribution is -2.62. The van der Waals surface area contributed by atoms with Gasteiger partial charge in [0, 0.05) is 97.1 Å². The van der Waals surface area contributed by atoms with Crippen LogP contribution in [-0.4, -0.2) is 172 Å². The number of nitrogens with one attached hydrogen (secondary N) is 4. The normalized spacial score (nSPS) is 18.5. The molecule has 470 valence electrons. The molecule has 3 aliphatic heterocycles. The summed E-state index contributed by atoms with van der Waals surface area (Å²) < 4.78 is 0. The van der Waals surface area contributed by atoms with Crippen molar-refractivity contribution in [2.75, 3.05) is 47.2 Å². The Morgan fingerprint density at radius 3 is 1.63 bits per heavy atom. The maximum absolute atomic E-state index is 10.4. The van der Waals surface area contributed by atoms with E-state index in [4.69, 9.17) is 0 Å². The van der Waals surface area contributed by atoms with E-state index in [1.807, 2.05) is 21.0 Å². The van der Waals surface area contributed by atoms with Crippen molar-refractivity contribution < 1.29 is 15.3 Å². The molecule has 28 nitrogen and oxygen atoms in total. The second-order valence-corrected chi connectivity index (χ2v) is 26.5. The van der Waals surface area contributed by atoms with Crippen LogP contribution in [0.1, 0.15) is 112 Å². The minimum Gasteiger partial charge on any atom is -0.506 e. The van der Waals surface area contributed by atoms with Crippen LogP contribution in [0, 0.1) is 18.8 Å². The van der Waals surface area contributed by atoms with Crippen LogP contribution >= 0.6 is 0 Å². The summed E-state index contributed by atoms with van der Waals surface area (Å²) >= 11 is 0. The molecule has 0 bridgehead atoms. The van der Waals surface area contributed by atoms with Crippen LogP contribution in [0.25, 0.3) is 51.2 Å². The van der Waals surface area contributed by atoms with Gasteiger partial charge in [-0.25, -0.2) is 34.9 Å². The average Bonchev–Trinajstić information content (AvgIpc) is 1.17. The summed E-state index contributed by atoms with van der Waals surface area (Å²) in [6.07, 6.45) is 28.8. The Bertz CT molecular complexity index is 3650. The fourth-order valence-electron chi connectivity index (χ4n) is 12.8. The van der Waals surface area contributed by atoms with Crippen LogP contribution in [0.2, 0.25) is 0 Å². The molecule has 0 radical (unpaired) electrons. The monoisotopic (exact) mass is 1220 g/mol. The summed E-state index contributed by atoms with van der Waals surface area (Å²) in [6, 6.07) is 5.34. The molecule has 13 rings (SSSR count). The SMILES string of the molecule is CN(c1cnc(-c2ncc(-c3cn[nH]c3)cc2O)nn1)C1CC(C)(C)NC(C)(C)C1.CN(c1cnc(-c2ncc(-n3nccn3)cc2O)nn1)C1CC(C)(C)NC(C)(C)C1.Cc1cnc(Nc2cnc(-c3cnc(N4CCC[C@@H](C5CC5)C4)nn3)c(O)c2)cn1. The number of pyridine rings is 3. The first kappa shape index (κ1) is 62.1. The van der Waals surface area contributed by atoms with Crippen molar-refractivity contribution in [3.8, 4) is 68.5 Å². The molecule has 9 aromatic heterocycles. The van der Waals surface area contributed by atoms with Gasteiger partial charge in [-0.1, -0.05) is 0 Å². The molecule has 0 unspecified atom stereocenters. The van der Waals surface area contributed by atoms with Gasteiger partial charge in [0.25, 0.3) is 0 Å². The summed E-state index contributed by atoms with van der Waals surface area (Å²) in [5.41, 5.74) is 5.05.